The minimum absolute atomic E-state index is 0.153. The first-order valence-electron chi connectivity index (χ1n) is 9.44. The van der Waals surface area contributed by atoms with E-state index >= 15 is 0 Å². The monoisotopic (exact) mass is 391 g/mol. The maximum atomic E-state index is 12.3. The van der Waals surface area contributed by atoms with Gasteiger partial charge < -0.3 is 20.4 Å². The lowest BCUT2D eigenvalue weighted by Gasteiger charge is -2.14. The molecule has 2 amide bonds. The average Bonchev–Trinajstić information content (AvgIpc) is 3.19. The molecule has 2 aromatic carbocycles. The topological polar surface area (TPSA) is 83.4 Å². The van der Waals surface area contributed by atoms with Gasteiger partial charge >= 0.3 is 0 Å². The summed E-state index contributed by atoms with van der Waals surface area (Å²) < 4.78 is 5.19. The number of carbonyl (C=O) groups excluding carboxylic acids is 2. The van der Waals surface area contributed by atoms with Crippen LogP contribution in [-0.2, 0) is 11.3 Å². The molecule has 6 nitrogen and oxygen atoms in total. The molecule has 0 saturated carbocycles. The van der Waals surface area contributed by atoms with Crippen LogP contribution in [0.1, 0.15) is 32.8 Å². The molecule has 0 bridgehead atoms. The van der Waals surface area contributed by atoms with Crippen molar-refractivity contribution in [2.45, 2.75) is 27.3 Å². The van der Waals surface area contributed by atoms with E-state index in [1.807, 2.05) is 13.8 Å². The standard InChI is InChI=1S/C23H25N3O3/c1-15-11-16(2)22(17(3)12-15)24-14-21(27)26-19-8-6-18(7-9-19)23(28)25-13-20-5-4-10-29-20/h4-12,24H,13-14H2,1-3H3,(H,25,28)(H,26,27). The molecule has 0 aliphatic rings. The fraction of sp³-hybridized carbons (Fsp3) is 0.217. The zero-order valence-electron chi connectivity index (χ0n) is 16.8. The van der Waals surface area contributed by atoms with E-state index in [9.17, 15) is 9.59 Å². The van der Waals surface area contributed by atoms with Gasteiger partial charge in [0.1, 0.15) is 5.76 Å². The van der Waals surface area contributed by atoms with Crippen molar-refractivity contribution >= 4 is 23.2 Å². The van der Waals surface area contributed by atoms with Gasteiger partial charge in [-0.1, -0.05) is 17.7 Å². The number of aryl methyl sites for hydroxylation is 3. The molecule has 1 aromatic heterocycles. The summed E-state index contributed by atoms with van der Waals surface area (Å²) in [5, 5.41) is 8.82. The molecule has 3 N–H and O–H groups in total. The van der Waals surface area contributed by atoms with Crippen LogP contribution >= 0.6 is 0 Å². The normalized spacial score (nSPS) is 10.4. The summed E-state index contributed by atoms with van der Waals surface area (Å²) >= 11 is 0. The van der Waals surface area contributed by atoms with E-state index in [0.717, 1.165) is 16.8 Å². The molecule has 0 saturated heterocycles. The molecule has 0 spiro atoms. The Hall–Kier alpha value is -3.54. The summed E-state index contributed by atoms with van der Waals surface area (Å²) in [6.45, 7) is 6.59. The maximum Gasteiger partial charge on any atom is 0.251 e. The second-order valence-electron chi connectivity index (χ2n) is 7.01. The summed E-state index contributed by atoms with van der Waals surface area (Å²) in [7, 11) is 0. The first-order valence-corrected chi connectivity index (χ1v) is 9.44. The van der Waals surface area contributed by atoms with Crippen LogP contribution in [0.4, 0.5) is 11.4 Å². The van der Waals surface area contributed by atoms with Crippen LogP contribution in [0.15, 0.2) is 59.2 Å². The Morgan fingerprint density at radius 3 is 2.28 bits per heavy atom. The van der Waals surface area contributed by atoms with Crippen molar-refractivity contribution in [1.82, 2.24) is 5.32 Å². The molecule has 3 rings (SSSR count). The summed E-state index contributed by atoms with van der Waals surface area (Å²) in [6.07, 6.45) is 1.56. The highest BCUT2D eigenvalue weighted by atomic mass is 16.3. The van der Waals surface area contributed by atoms with Crippen LogP contribution in [0.3, 0.4) is 0 Å². The number of benzene rings is 2. The Labute approximate surface area is 170 Å². The van der Waals surface area contributed by atoms with Gasteiger partial charge in [0.2, 0.25) is 5.91 Å². The van der Waals surface area contributed by atoms with Crippen molar-refractivity contribution in [2.24, 2.45) is 0 Å². The molecule has 3 aromatic rings. The number of furan rings is 1. The number of hydrogen-bond acceptors (Lipinski definition) is 4. The molecule has 0 unspecified atom stereocenters. The van der Waals surface area contributed by atoms with Crippen molar-refractivity contribution < 1.29 is 14.0 Å². The number of nitrogens with one attached hydrogen (secondary N) is 3. The fourth-order valence-electron chi connectivity index (χ4n) is 3.22. The van der Waals surface area contributed by atoms with Crippen molar-refractivity contribution in [2.75, 3.05) is 17.2 Å². The molecule has 0 radical (unpaired) electrons. The number of amides is 2. The Morgan fingerprint density at radius 1 is 0.966 bits per heavy atom. The predicted molar refractivity (Wildman–Crippen MR) is 114 cm³/mol. The maximum absolute atomic E-state index is 12.3. The Bertz CT molecular complexity index is 970. The van der Waals surface area contributed by atoms with Crippen molar-refractivity contribution in [3.8, 4) is 0 Å². The Balaban J connectivity index is 1.51. The minimum Gasteiger partial charge on any atom is -0.467 e. The van der Waals surface area contributed by atoms with Crippen LogP contribution in [0.25, 0.3) is 0 Å². The largest absolute Gasteiger partial charge is 0.467 e. The van der Waals surface area contributed by atoms with Gasteiger partial charge in [-0.25, -0.2) is 0 Å². The molecule has 150 valence electrons. The zero-order valence-corrected chi connectivity index (χ0v) is 16.8. The van der Waals surface area contributed by atoms with Crippen molar-refractivity contribution in [3.63, 3.8) is 0 Å². The zero-order chi connectivity index (χ0) is 20.8. The molecule has 6 heteroatoms. The van der Waals surface area contributed by atoms with Gasteiger partial charge in [-0.2, -0.15) is 0 Å². The Morgan fingerprint density at radius 2 is 1.66 bits per heavy atom. The lowest BCUT2D eigenvalue weighted by molar-refractivity contribution is -0.114. The highest BCUT2D eigenvalue weighted by molar-refractivity contribution is 5.96. The number of anilines is 2. The summed E-state index contributed by atoms with van der Waals surface area (Å²) in [6, 6.07) is 14.5. The van der Waals surface area contributed by atoms with E-state index < -0.39 is 0 Å². The lowest BCUT2D eigenvalue weighted by atomic mass is 10.1. The third-order valence-corrected chi connectivity index (χ3v) is 4.54. The molecular formula is C23H25N3O3. The third-order valence-electron chi connectivity index (χ3n) is 4.54. The highest BCUT2D eigenvalue weighted by Gasteiger charge is 2.09. The average molecular weight is 391 g/mol. The van der Waals surface area contributed by atoms with E-state index in [1.54, 1.807) is 42.7 Å². The van der Waals surface area contributed by atoms with Crippen LogP contribution in [0, 0.1) is 20.8 Å². The predicted octanol–water partition coefficient (Wildman–Crippen LogP) is 4.19. The van der Waals surface area contributed by atoms with Gasteiger partial charge in [-0.3, -0.25) is 9.59 Å². The van der Waals surface area contributed by atoms with Crippen molar-refractivity contribution in [1.29, 1.82) is 0 Å². The molecule has 0 fully saturated rings. The highest BCUT2D eigenvalue weighted by Crippen LogP contribution is 2.21. The second-order valence-corrected chi connectivity index (χ2v) is 7.01. The van der Waals surface area contributed by atoms with Gasteiger partial charge in [0, 0.05) is 16.9 Å². The van der Waals surface area contributed by atoms with Crippen LogP contribution in [-0.4, -0.2) is 18.4 Å². The number of hydrogen-bond donors (Lipinski definition) is 3. The van der Waals surface area contributed by atoms with E-state index in [2.05, 4.69) is 35.0 Å². The Kier molecular flexibility index (Phi) is 6.34. The van der Waals surface area contributed by atoms with E-state index in [1.165, 1.54) is 5.56 Å². The minimum atomic E-state index is -0.203. The summed E-state index contributed by atoms with van der Waals surface area (Å²) in [5.41, 5.74) is 5.55. The van der Waals surface area contributed by atoms with Crippen molar-refractivity contribution in [3.05, 3.63) is 82.8 Å². The fourth-order valence-corrected chi connectivity index (χ4v) is 3.22. The molecule has 0 atom stereocenters. The summed E-state index contributed by atoms with van der Waals surface area (Å²) in [5.74, 6) is 0.333. The van der Waals surface area contributed by atoms with Gasteiger partial charge in [0.05, 0.1) is 19.4 Å². The number of carbonyl (C=O) groups is 2. The van der Waals surface area contributed by atoms with Gasteiger partial charge in [-0.05, 0) is 68.3 Å². The van der Waals surface area contributed by atoms with Gasteiger partial charge in [0.25, 0.3) is 5.91 Å². The van der Waals surface area contributed by atoms with Crippen LogP contribution in [0.5, 0.6) is 0 Å². The van der Waals surface area contributed by atoms with Gasteiger partial charge in [-0.15, -0.1) is 0 Å². The first kappa shape index (κ1) is 20.2. The van der Waals surface area contributed by atoms with E-state index in [4.69, 9.17) is 4.42 Å². The number of rotatable bonds is 7. The molecule has 29 heavy (non-hydrogen) atoms. The van der Waals surface area contributed by atoms with Crippen LogP contribution < -0.4 is 16.0 Å². The summed E-state index contributed by atoms with van der Waals surface area (Å²) in [4.78, 5) is 24.4. The molecule has 0 aliphatic heterocycles. The molecule has 0 aliphatic carbocycles. The quantitative estimate of drug-likeness (QED) is 0.564. The SMILES string of the molecule is Cc1cc(C)c(NCC(=O)Nc2ccc(C(=O)NCc3ccco3)cc2)c(C)c1. The second kappa shape index (κ2) is 9.10. The lowest BCUT2D eigenvalue weighted by Crippen LogP contribution is -2.23. The molecular weight excluding hydrogens is 366 g/mol. The van der Waals surface area contributed by atoms with E-state index in [0.29, 0.717) is 23.6 Å². The van der Waals surface area contributed by atoms with E-state index in [-0.39, 0.29) is 18.4 Å². The third kappa shape index (κ3) is 5.48. The smallest absolute Gasteiger partial charge is 0.251 e. The van der Waals surface area contributed by atoms with Gasteiger partial charge in [0.15, 0.2) is 0 Å². The molecule has 1 heterocycles. The van der Waals surface area contributed by atoms with Crippen LogP contribution in [0.2, 0.25) is 0 Å². The first-order chi connectivity index (χ1) is 13.9.